The summed E-state index contributed by atoms with van der Waals surface area (Å²) in [5.41, 5.74) is -4.01. The summed E-state index contributed by atoms with van der Waals surface area (Å²) in [5, 5.41) is 3.20. The van der Waals surface area contributed by atoms with Gasteiger partial charge < -0.3 is 0 Å². The molecule has 170 valence electrons. The van der Waals surface area contributed by atoms with Crippen LogP contribution in [0.1, 0.15) is 36.7 Å². The molecule has 0 amide bonds. The van der Waals surface area contributed by atoms with Crippen molar-refractivity contribution in [2.75, 3.05) is 6.26 Å². The number of thioether (sulfide) groups is 1. The molecule has 0 atom stereocenters. The predicted molar refractivity (Wildman–Crippen MR) is 103 cm³/mol. The first kappa shape index (κ1) is 23.8. The van der Waals surface area contributed by atoms with Crippen LogP contribution in [0.4, 0.5) is 36.4 Å². The van der Waals surface area contributed by atoms with Crippen LogP contribution >= 0.6 is 23.4 Å². The summed E-state index contributed by atoms with van der Waals surface area (Å²) < 4.78 is 96.3. The van der Waals surface area contributed by atoms with Gasteiger partial charge in [-0.3, -0.25) is 4.68 Å². The van der Waals surface area contributed by atoms with E-state index in [1.165, 1.54) is 30.1 Å². The molecule has 1 saturated carbocycles. The van der Waals surface area contributed by atoms with Gasteiger partial charge in [0.15, 0.2) is 5.17 Å². The number of pyridine rings is 1. The van der Waals surface area contributed by atoms with E-state index < -0.39 is 65.4 Å². The van der Waals surface area contributed by atoms with Crippen LogP contribution in [0.2, 0.25) is 0 Å². The Hall–Kier alpha value is -1.82. The molecule has 31 heavy (non-hydrogen) atoms. The summed E-state index contributed by atoms with van der Waals surface area (Å²) in [6.45, 7) is -0.156. The van der Waals surface area contributed by atoms with E-state index in [1.54, 1.807) is 6.26 Å². The van der Waals surface area contributed by atoms with Crippen molar-refractivity contribution in [2.24, 2.45) is 10.9 Å². The standard InChI is InChI=1S/C18H16ClF7N4S/c1-16(20,21)14-12(18(24,25)26)13(30(29-14)8-9-6-17(22,23)7-9)15(19)28-10-3-4-27-11(5-10)31-2/h3-5,9H,6-8H2,1-2H3/b28-15-. The van der Waals surface area contributed by atoms with Crippen molar-refractivity contribution in [2.45, 2.75) is 49.4 Å². The topological polar surface area (TPSA) is 43.1 Å². The summed E-state index contributed by atoms with van der Waals surface area (Å²) in [4.78, 5) is 7.93. The predicted octanol–water partition coefficient (Wildman–Crippen LogP) is 6.49. The van der Waals surface area contributed by atoms with Gasteiger partial charge in [0, 0.05) is 32.5 Å². The van der Waals surface area contributed by atoms with Crippen LogP contribution < -0.4 is 0 Å². The molecule has 0 unspecified atom stereocenters. The summed E-state index contributed by atoms with van der Waals surface area (Å²) in [7, 11) is 0. The molecular formula is C18H16ClF7N4S. The summed E-state index contributed by atoms with van der Waals surface area (Å²) in [6.07, 6.45) is -3.31. The van der Waals surface area contributed by atoms with E-state index in [-0.39, 0.29) is 12.6 Å². The fourth-order valence-electron chi connectivity index (χ4n) is 3.28. The molecular weight excluding hydrogens is 473 g/mol. The van der Waals surface area contributed by atoms with E-state index in [9.17, 15) is 30.7 Å². The van der Waals surface area contributed by atoms with Crippen LogP contribution in [0.5, 0.6) is 0 Å². The maximum Gasteiger partial charge on any atom is 0.420 e. The van der Waals surface area contributed by atoms with Crippen LogP contribution in [-0.2, 0) is 18.6 Å². The molecule has 2 aromatic rings. The highest BCUT2D eigenvalue weighted by Crippen LogP contribution is 2.45. The number of aliphatic imine (C=N–C) groups is 1. The van der Waals surface area contributed by atoms with Gasteiger partial charge in [0.05, 0.1) is 10.7 Å². The minimum Gasteiger partial charge on any atom is -0.261 e. The third kappa shape index (κ3) is 5.33. The molecule has 4 nitrogen and oxygen atoms in total. The van der Waals surface area contributed by atoms with Crippen molar-refractivity contribution in [1.82, 2.24) is 14.8 Å². The number of halogens is 8. The molecule has 2 aromatic heterocycles. The average Bonchev–Trinajstić information content (AvgIpc) is 3.00. The van der Waals surface area contributed by atoms with Crippen LogP contribution in [-0.4, -0.2) is 32.1 Å². The minimum atomic E-state index is -5.23. The monoisotopic (exact) mass is 488 g/mol. The zero-order valence-corrected chi connectivity index (χ0v) is 17.7. The van der Waals surface area contributed by atoms with Crippen molar-refractivity contribution < 1.29 is 30.7 Å². The minimum absolute atomic E-state index is 0.144. The number of nitrogens with zero attached hydrogens (tertiary/aromatic N) is 4. The van der Waals surface area contributed by atoms with Crippen molar-refractivity contribution in [3.8, 4) is 0 Å². The number of hydrogen-bond acceptors (Lipinski definition) is 4. The molecule has 0 radical (unpaired) electrons. The third-order valence-electron chi connectivity index (χ3n) is 4.61. The second-order valence-electron chi connectivity index (χ2n) is 7.23. The number of rotatable bonds is 6. The largest absolute Gasteiger partial charge is 0.420 e. The molecule has 1 fully saturated rings. The smallest absolute Gasteiger partial charge is 0.261 e. The first-order chi connectivity index (χ1) is 14.2. The highest BCUT2D eigenvalue weighted by atomic mass is 35.5. The van der Waals surface area contributed by atoms with Gasteiger partial charge in [-0.15, -0.1) is 11.8 Å². The normalized spacial score (nSPS) is 17.7. The Morgan fingerprint density at radius 2 is 1.94 bits per heavy atom. The van der Waals surface area contributed by atoms with E-state index in [4.69, 9.17) is 11.6 Å². The van der Waals surface area contributed by atoms with E-state index in [1.807, 2.05) is 0 Å². The fourth-order valence-corrected chi connectivity index (χ4v) is 3.98. The Bertz CT molecular complexity index is 990. The molecule has 0 aliphatic heterocycles. The molecule has 3 rings (SSSR count). The second kappa shape index (κ2) is 8.27. The molecule has 0 aromatic carbocycles. The van der Waals surface area contributed by atoms with Crippen LogP contribution in [0.3, 0.4) is 0 Å². The Labute approximate surface area is 181 Å². The lowest BCUT2D eigenvalue weighted by Gasteiger charge is -2.35. The Balaban J connectivity index is 2.14. The van der Waals surface area contributed by atoms with Gasteiger partial charge in [0.2, 0.25) is 5.92 Å². The second-order valence-corrected chi connectivity index (χ2v) is 8.41. The molecule has 0 saturated heterocycles. The number of aromatic nitrogens is 3. The van der Waals surface area contributed by atoms with Gasteiger partial charge in [-0.2, -0.15) is 27.1 Å². The lowest BCUT2D eigenvalue weighted by molar-refractivity contribution is -0.141. The van der Waals surface area contributed by atoms with E-state index in [0.29, 0.717) is 9.71 Å². The SMILES string of the molecule is CSc1cc(/N=C(\Cl)c2c(C(F)(F)F)c(C(C)(F)F)nn2CC2CC(F)(F)C2)ccn1. The van der Waals surface area contributed by atoms with E-state index in [2.05, 4.69) is 15.1 Å². The Kier molecular flexibility index (Phi) is 6.36. The zero-order valence-electron chi connectivity index (χ0n) is 16.2. The van der Waals surface area contributed by atoms with Gasteiger partial charge in [0.1, 0.15) is 17.0 Å². The van der Waals surface area contributed by atoms with Crippen LogP contribution in [0.25, 0.3) is 0 Å². The lowest BCUT2D eigenvalue weighted by Crippen LogP contribution is -2.38. The van der Waals surface area contributed by atoms with Crippen LogP contribution in [0, 0.1) is 5.92 Å². The summed E-state index contributed by atoms with van der Waals surface area (Å²) >= 11 is 7.34. The zero-order chi connectivity index (χ0) is 23.2. The maximum atomic E-state index is 14.0. The van der Waals surface area contributed by atoms with Crippen LogP contribution in [0.15, 0.2) is 28.3 Å². The van der Waals surface area contributed by atoms with Gasteiger partial charge in [0.25, 0.3) is 5.92 Å². The Morgan fingerprint density at radius 3 is 2.45 bits per heavy atom. The average molecular weight is 489 g/mol. The molecule has 0 spiro atoms. The van der Waals surface area contributed by atoms with Gasteiger partial charge >= 0.3 is 6.18 Å². The van der Waals surface area contributed by atoms with Gasteiger partial charge in [-0.1, -0.05) is 11.6 Å². The Morgan fingerprint density at radius 1 is 1.29 bits per heavy atom. The third-order valence-corrected chi connectivity index (χ3v) is 5.51. The maximum absolute atomic E-state index is 14.0. The first-order valence-electron chi connectivity index (χ1n) is 8.90. The van der Waals surface area contributed by atoms with E-state index in [0.717, 1.165) is 0 Å². The lowest BCUT2D eigenvalue weighted by atomic mass is 9.81. The van der Waals surface area contributed by atoms with E-state index >= 15 is 0 Å². The quantitative estimate of drug-likeness (QED) is 0.265. The fraction of sp³-hybridized carbons (Fsp3) is 0.500. The van der Waals surface area contributed by atoms with Crippen molar-refractivity contribution >= 4 is 34.2 Å². The van der Waals surface area contributed by atoms with Gasteiger partial charge in [-0.25, -0.2) is 18.8 Å². The molecule has 0 bridgehead atoms. The molecule has 2 heterocycles. The van der Waals surface area contributed by atoms with Crippen molar-refractivity contribution in [3.05, 3.63) is 35.3 Å². The first-order valence-corrected chi connectivity index (χ1v) is 10.5. The molecule has 1 aliphatic carbocycles. The summed E-state index contributed by atoms with van der Waals surface area (Å²) in [6, 6.07) is 2.82. The highest BCUT2D eigenvalue weighted by molar-refractivity contribution is 7.98. The molecule has 13 heteroatoms. The van der Waals surface area contributed by atoms with Crippen molar-refractivity contribution in [1.29, 1.82) is 0 Å². The molecule has 1 aliphatic rings. The van der Waals surface area contributed by atoms with Crippen molar-refractivity contribution in [3.63, 3.8) is 0 Å². The highest BCUT2D eigenvalue weighted by Gasteiger charge is 2.49. The van der Waals surface area contributed by atoms with Gasteiger partial charge in [-0.05, 0) is 24.3 Å². The number of alkyl halides is 7. The number of hydrogen-bond donors (Lipinski definition) is 0. The molecule has 0 N–H and O–H groups in total. The summed E-state index contributed by atoms with van der Waals surface area (Å²) in [5.74, 6) is -7.62.